The van der Waals surface area contributed by atoms with Crippen LogP contribution in [0.3, 0.4) is 0 Å². The molecule has 2 fully saturated rings. The van der Waals surface area contributed by atoms with E-state index in [4.69, 9.17) is 65.9 Å². The van der Waals surface area contributed by atoms with Crippen LogP contribution >= 0.6 is 8.53 Å². The fourth-order valence-corrected chi connectivity index (χ4v) is 12.3. The number of aromatic nitrogens is 2. The van der Waals surface area contributed by atoms with Crippen LogP contribution in [0.15, 0.2) is 94.6 Å². The van der Waals surface area contributed by atoms with Crippen molar-refractivity contribution in [2.45, 2.75) is 129 Å². The van der Waals surface area contributed by atoms with E-state index in [0.29, 0.717) is 23.6 Å². The van der Waals surface area contributed by atoms with E-state index in [-0.39, 0.29) is 104 Å². The summed E-state index contributed by atoms with van der Waals surface area (Å²) < 4.78 is 89.0. The maximum absolute atomic E-state index is 13.9. The molecule has 27 heteroatoms. The first-order valence-corrected chi connectivity index (χ1v) is 30.9. The molecule has 0 saturated carbocycles. The predicted octanol–water partition coefficient (Wildman–Crippen LogP) is 5.46. The second kappa shape index (κ2) is 35.8. The van der Waals surface area contributed by atoms with E-state index in [1.165, 1.54) is 24.6 Å². The number of rotatable bonds is 36. The van der Waals surface area contributed by atoms with Crippen molar-refractivity contribution in [2.24, 2.45) is 0 Å². The van der Waals surface area contributed by atoms with Gasteiger partial charge in [0, 0.05) is 71.2 Å². The van der Waals surface area contributed by atoms with Gasteiger partial charge in [0.05, 0.1) is 92.8 Å². The first kappa shape index (κ1) is 72.4. The first-order chi connectivity index (χ1) is 43.1. The Balaban J connectivity index is 1.20. The fourth-order valence-electron chi connectivity index (χ4n) is 10.6. The number of carbonyl (C=O) groups excluding carboxylic acids is 4. The topological polar surface area (TPSA) is 295 Å². The SMILES string of the molecule is COc1ccc(C(OC[C@]2(COP(OCCC#N)N(C(C)C)C(C)C)CN(CCOCCOCCOCCO[C@@H]3O[C@H](COC(C)=O)[C@H](OC(C)=O)[C@H](OC(C)=O)[C@H]3NC(C)=O)C[C@H](n3cc(C)c(=O)[nH]c3=O)O2)(c2ccccc2)c2ccc(OC)cc2)cc1. The summed E-state index contributed by atoms with van der Waals surface area (Å²) in [5, 5.41) is 12.2. The molecule has 2 aliphatic heterocycles. The lowest BCUT2D eigenvalue weighted by Crippen LogP contribution is -2.66. The highest BCUT2D eigenvalue weighted by molar-refractivity contribution is 7.44. The van der Waals surface area contributed by atoms with Crippen molar-refractivity contribution in [2.75, 3.05) is 107 Å². The molecule has 2 saturated heterocycles. The molecule has 3 heterocycles. The lowest BCUT2D eigenvalue weighted by atomic mass is 9.79. The molecule has 4 aromatic rings. The van der Waals surface area contributed by atoms with Crippen molar-refractivity contribution >= 4 is 32.3 Å². The van der Waals surface area contributed by atoms with Gasteiger partial charge in [0.1, 0.15) is 41.5 Å². The Labute approximate surface area is 526 Å². The number of nitriles is 1. The van der Waals surface area contributed by atoms with E-state index in [2.05, 4.69) is 25.9 Å². The number of methoxy groups -OCH3 is 2. The summed E-state index contributed by atoms with van der Waals surface area (Å²) in [6, 6.07) is 26.1. The molecule has 0 radical (unpaired) electrons. The third-order valence-electron chi connectivity index (χ3n) is 14.5. The number of esters is 3. The lowest BCUT2D eigenvalue weighted by Gasteiger charge is -2.48. The molecule has 3 aromatic carbocycles. The number of ether oxygens (including phenoxy) is 12. The third kappa shape index (κ3) is 20.7. The second-order valence-electron chi connectivity index (χ2n) is 22.0. The van der Waals surface area contributed by atoms with Crippen molar-refractivity contribution in [3.8, 4) is 17.6 Å². The summed E-state index contributed by atoms with van der Waals surface area (Å²) in [7, 11) is 1.38. The van der Waals surface area contributed by atoms with Gasteiger partial charge in [0.15, 0.2) is 24.7 Å². The number of hydrogen-bond donors (Lipinski definition) is 2. The van der Waals surface area contributed by atoms with Crippen LogP contribution in [0.5, 0.6) is 11.5 Å². The molecular formula is C63H87N6O20P. The molecule has 90 heavy (non-hydrogen) atoms. The quantitative estimate of drug-likeness (QED) is 0.0188. The number of aromatic amines is 1. The molecule has 1 unspecified atom stereocenters. The maximum Gasteiger partial charge on any atom is 0.330 e. The molecule has 494 valence electrons. The van der Waals surface area contributed by atoms with Crippen molar-refractivity contribution in [3.63, 3.8) is 0 Å². The van der Waals surface area contributed by atoms with E-state index < -0.39 is 91.7 Å². The minimum atomic E-state index is -1.82. The standard InChI is InChI=1S/C63H87N6O20P/c1-42(2)69(43(3)4)90(84-28-15-26-64)85-41-62(40-83-63(49-16-13-12-14-17-49,50-18-22-52(76-10)23-19-50)51-20-24-53(77-11)25-21-51)39-67(37-55(89-62)68-36-44(5)59(74)66-61(68)75)27-29-78-30-31-79-32-33-80-34-35-81-60-56(65-45(6)70)58(87-48(9)73)57(86-47(8)72)54(88-60)38-82-46(7)71/h12-14,16-25,36,42-43,54-58,60H,15,27-35,37-41H2,1-11H3,(H,65,70)(H,66,74,75)/t54-,55-,56-,57+,58-,60-,62+,90?/m1/s1. The number of aryl methyl sites for hydroxylation is 1. The van der Waals surface area contributed by atoms with Crippen LogP contribution in [0.25, 0.3) is 0 Å². The molecule has 1 amide bonds. The van der Waals surface area contributed by atoms with E-state index in [1.807, 2.05) is 107 Å². The summed E-state index contributed by atoms with van der Waals surface area (Å²) in [4.78, 5) is 79.7. The molecule has 6 rings (SSSR count). The number of nitrogens with zero attached hydrogens (tertiary/aromatic N) is 4. The number of amides is 1. The molecular weight excluding hydrogens is 1190 g/mol. The van der Waals surface area contributed by atoms with Gasteiger partial charge < -0.3 is 71.2 Å². The van der Waals surface area contributed by atoms with E-state index >= 15 is 0 Å². The van der Waals surface area contributed by atoms with Crippen molar-refractivity contribution in [3.05, 3.63) is 128 Å². The van der Waals surface area contributed by atoms with Crippen molar-refractivity contribution in [1.29, 1.82) is 5.26 Å². The molecule has 8 atom stereocenters. The van der Waals surface area contributed by atoms with Gasteiger partial charge in [-0.05, 0) is 75.6 Å². The van der Waals surface area contributed by atoms with Gasteiger partial charge >= 0.3 is 23.6 Å². The minimum Gasteiger partial charge on any atom is -0.497 e. The van der Waals surface area contributed by atoms with Gasteiger partial charge in [-0.25, -0.2) is 9.46 Å². The van der Waals surface area contributed by atoms with Crippen molar-refractivity contribution < 1.29 is 85.1 Å². The molecule has 2 aliphatic rings. The van der Waals surface area contributed by atoms with Crippen LogP contribution in [-0.2, 0) is 81.2 Å². The van der Waals surface area contributed by atoms with Gasteiger partial charge in [-0.3, -0.25) is 38.4 Å². The highest BCUT2D eigenvalue weighted by atomic mass is 31.2. The van der Waals surface area contributed by atoms with E-state index in [0.717, 1.165) is 30.5 Å². The third-order valence-corrected chi connectivity index (χ3v) is 16.5. The van der Waals surface area contributed by atoms with Gasteiger partial charge in [0.2, 0.25) is 5.91 Å². The normalized spacial score (nSPS) is 20.7. The zero-order chi connectivity index (χ0) is 65.4. The number of hydrogen-bond acceptors (Lipinski definition) is 23. The molecule has 1 aromatic heterocycles. The average molecular weight is 1280 g/mol. The monoisotopic (exact) mass is 1280 g/mol. The first-order valence-electron chi connectivity index (χ1n) is 29.8. The van der Waals surface area contributed by atoms with Crippen LogP contribution in [0.1, 0.15) is 90.3 Å². The summed E-state index contributed by atoms with van der Waals surface area (Å²) in [5.41, 5.74) is -1.30. The minimum absolute atomic E-state index is 0.0322. The van der Waals surface area contributed by atoms with E-state index in [9.17, 15) is 34.0 Å². The molecule has 0 bridgehead atoms. The summed E-state index contributed by atoms with van der Waals surface area (Å²) in [6.07, 6.45) is -4.27. The largest absolute Gasteiger partial charge is 0.497 e. The number of morpholine rings is 1. The Hall–Kier alpha value is -6.70. The molecule has 0 aliphatic carbocycles. The van der Waals surface area contributed by atoms with Crippen molar-refractivity contribution in [1.82, 2.24) is 24.4 Å². The van der Waals surface area contributed by atoms with Gasteiger partial charge in [-0.1, -0.05) is 54.6 Å². The predicted molar refractivity (Wildman–Crippen MR) is 327 cm³/mol. The number of benzene rings is 3. The Morgan fingerprint density at radius 3 is 1.87 bits per heavy atom. The molecule has 0 spiro atoms. The van der Waals surface area contributed by atoms with Crippen LogP contribution in [-0.4, -0.2) is 198 Å². The average Bonchev–Trinajstić information content (AvgIpc) is 0.776. The zero-order valence-electron chi connectivity index (χ0n) is 53.2. The number of carbonyl (C=O) groups is 4. The Morgan fingerprint density at radius 1 is 0.756 bits per heavy atom. The lowest BCUT2D eigenvalue weighted by molar-refractivity contribution is -0.279. The zero-order valence-corrected chi connectivity index (χ0v) is 54.1. The second-order valence-corrected chi connectivity index (χ2v) is 23.5. The van der Waals surface area contributed by atoms with Crippen LogP contribution in [0.2, 0.25) is 0 Å². The molecule has 26 nitrogen and oxygen atoms in total. The maximum atomic E-state index is 13.9. The molecule has 2 N–H and O–H groups in total. The summed E-state index contributed by atoms with van der Waals surface area (Å²) >= 11 is 0. The highest BCUT2D eigenvalue weighted by Gasteiger charge is 2.52. The summed E-state index contributed by atoms with van der Waals surface area (Å²) in [6.45, 7) is 15.7. The smallest absolute Gasteiger partial charge is 0.330 e. The van der Waals surface area contributed by atoms with Crippen LogP contribution < -0.4 is 26.0 Å². The van der Waals surface area contributed by atoms with Crippen LogP contribution in [0.4, 0.5) is 0 Å². The Kier molecular flexibility index (Phi) is 28.8. The van der Waals surface area contributed by atoms with Gasteiger partial charge in [-0.15, -0.1) is 0 Å². The highest BCUT2D eigenvalue weighted by Crippen LogP contribution is 2.49. The summed E-state index contributed by atoms with van der Waals surface area (Å²) in [5.74, 6) is -1.32. The van der Waals surface area contributed by atoms with Gasteiger partial charge in [0.25, 0.3) is 14.1 Å². The van der Waals surface area contributed by atoms with E-state index in [1.54, 1.807) is 21.1 Å². The Morgan fingerprint density at radius 2 is 1.32 bits per heavy atom. The Bertz CT molecular complexity index is 3000. The number of H-pyrrole nitrogens is 1. The number of nitrogens with one attached hydrogen (secondary N) is 2. The fraction of sp³-hybridized carbons (Fsp3) is 0.571. The van der Waals surface area contributed by atoms with Gasteiger partial charge in [-0.2, -0.15) is 5.26 Å². The van der Waals surface area contributed by atoms with Crippen LogP contribution in [0, 0.1) is 18.3 Å².